The molecule has 1 atom stereocenters. The van der Waals surface area contributed by atoms with Crippen molar-refractivity contribution in [1.29, 1.82) is 0 Å². The SMILES string of the molecule is COC(=O)C1Cc2ccccc2CN1C(=O)CSc1nc(C)cc(N)n1. The molecule has 0 radical (unpaired) electrons. The van der Waals surface area contributed by atoms with Crippen LogP contribution in [-0.4, -0.2) is 45.6 Å². The fourth-order valence-electron chi connectivity index (χ4n) is 2.97. The Morgan fingerprint density at radius 2 is 2.04 bits per heavy atom. The van der Waals surface area contributed by atoms with E-state index >= 15 is 0 Å². The molecule has 0 spiro atoms. The number of hydrogen-bond donors (Lipinski definition) is 1. The number of amides is 1. The monoisotopic (exact) mass is 372 g/mol. The van der Waals surface area contributed by atoms with Gasteiger partial charge in [-0.05, 0) is 18.1 Å². The predicted molar refractivity (Wildman–Crippen MR) is 98.4 cm³/mol. The number of methoxy groups -OCH3 is 1. The number of aromatic nitrogens is 2. The van der Waals surface area contributed by atoms with Crippen molar-refractivity contribution in [2.75, 3.05) is 18.6 Å². The highest BCUT2D eigenvalue weighted by Gasteiger charge is 2.35. The zero-order valence-corrected chi connectivity index (χ0v) is 15.5. The largest absolute Gasteiger partial charge is 0.467 e. The number of thioether (sulfide) groups is 1. The molecule has 8 heteroatoms. The number of fused-ring (bicyclic) bond motifs is 1. The van der Waals surface area contributed by atoms with E-state index < -0.39 is 12.0 Å². The number of nitrogen functional groups attached to an aromatic ring is 1. The number of carbonyl (C=O) groups excluding carboxylic acids is 2. The number of carbonyl (C=O) groups is 2. The molecule has 1 amide bonds. The second-order valence-corrected chi connectivity index (χ2v) is 6.98. The number of rotatable bonds is 4. The van der Waals surface area contributed by atoms with Crippen LogP contribution >= 0.6 is 11.8 Å². The third-order valence-corrected chi connectivity index (χ3v) is 5.05. The summed E-state index contributed by atoms with van der Waals surface area (Å²) in [7, 11) is 1.34. The van der Waals surface area contributed by atoms with Gasteiger partial charge >= 0.3 is 5.97 Å². The number of anilines is 1. The Labute approximate surface area is 156 Å². The topological polar surface area (TPSA) is 98.4 Å². The van der Waals surface area contributed by atoms with Crippen molar-refractivity contribution in [1.82, 2.24) is 14.9 Å². The lowest BCUT2D eigenvalue weighted by atomic mass is 9.94. The van der Waals surface area contributed by atoms with Crippen LogP contribution in [0.1, 0.15) is 16.8 Å². The van der Waals surface area contributed by atoms with E-state index in [1.807, 2.05) is 31.2 Å². The number of esters is 1. The first kappa shape index (κ1) is 18.2. The molecule has 0 saturated carbocycles. The number of benzene rings is 1. The average Bonchev–Trinajstić information content (AvgIpc) is 2.63. The van der Waals surface area contributed by atoms with Gasteiger partial charge in [-0.1, -0.05) is 36.0 Å². The highest BCUT2D eigenvalue weighted by Crippen LogP contribution is 2.25. The second kappa shape index (κ2) is 7.74. The third kappa shape index (κ3) is 3.96. The number of nitrogens with zero attached hydrogens (tertiary/aromatic N) is 3. The molecule has 1 aliphatic heterocycles. The molecule has 136 valence electrons. The summed E-state index contributed by atoms with van der Waals surface area (Å²) < 4.78 is 4.90. The minimum Gasteiger partial charge on any atom is -0.467 e. The molecule has 2 aromatic rings. The van der Waals surface area contributed by atoms with Crippen molar-refractivity contribution in [2.45, 2.75) is 31.1 Å². The van der Waals surface area contributed by atoms with E-state index in [1.54, 1.807) is 11.0 Å². The lowest BCUT2D eigenvalue weighted by molar-refractivity contribution is -0.153. The summed E-state index contributed by atoms with van der Waals surface area (Å²) in [6.45, 7) is 2.20. The molecule has 1 aromatic heterocycles. The van der Waals surface area contributed by atoms with Gasteiger partial charge in [-0.2, -0.15) is 0 Å². The van der Waals surface area contributed by atoms with Crippen molar-refractivity contribution in [3.05, 3.63) is 47.2 Å². The molecule has 0 saturated heterocycles. The lowest BCUT2D eigenvalue weighted by Gasteiger charge is -2.35. The van der Waals surface area contributed by atoms with Crippen LogP contribution in [0.2, 0.25) is 0 Å². The number of ether oxygens (including phenoxy) is 1. The van der Waals surface area contributed by atoms with Gasteiger partial charge in [-0.25, -0.2) is 14.8 Å². The summed E-state index contributed by atoms with van der Waals surface area (Å²) in [5, 5.41) is 0.447. The number of hydrogen-bond acceptors (Lipinski definition) is 7. The van der Waals surface area contributed by atoms with Gasteiger partial charge in [0, 0.05) is 24.7 Å². The average molecular weight is 372 g/mol. The summed E-state index contributed by atoms with van der Waals surface area (Å²) in [5.41, 5.74) is 8.57. The zero-order valence-electron chi connectivity index (χ0n) is 14.6. The van der Waals surface area contributed by atoms with E-state index in [2.05, 4.69) is 9.97 Å². The summed E-state index contributed by atoms with van der Waals surface area (Å²) >= 11 is 1.21. The molecule has 1 aliphatic rings. The van der Waals surface area contributed by atoms with Crippen LogP contribution in [0.4, 0.5) is 5.82 Å². The smallest absolute Gasteiger partial charge is 0.328 e. The van der Waals surface area contributed by atoms with Gasteiger partial charge < -0.3 is 15.4 Å². The fraction of sp³-hybridized carbons (Fsp3) is 0.333. The van der Waals surface area contributed by atoms with E-state index in [0.29, 0.717) is 23.9 Å². The van der Waals surface area contributed by atoms with Crippen LogP contribution in [-0.2, 0) is 27.3 Å². The van der Waals surface area contributed by atoms with Crippen molar-refractivity contribution in [3.8, 4) is 0 Å². The Hall–Kier alpha value is -2.61. The van der Waals surface area contributed by atoms with Crippen molar-refractivity contribution >= 4 is 29.5 Å². The maximum atomic E-state index is 12.8. The Balaban J connectivity index is 1.76. The van der Waals surface area contributed by atoms with Crippen molar-refractivity contribution in [3.63, 3.8) is 0 Å². The fourth-order valence-corrected chi connectivity index (χ4v) is 3.77. The zero-order chi connectivity index (χ0) is 18.7. The summed E-state index contributed by atoms with van der Waals surface area (Å²) in [4.78, 5) is 34.9. The standard InChI is InChI=1S/C18H20N4O3S/c1-11-7-15(19)21-18(20-11)26-10-16(23)22-9-13-6-4-3-5-12(13)8-14(22)17(24)25-2/h3-7,14H,8-10H2,1-2H3,(H2,19,20,21). The third-order valence-electron chi connectivity index (χ3n) is 4.22. The Morgan fingerprint density at radius 3 is 2.73 bits per heavy atom. The highest BCUT2D eigenvalue weighted by atomic mass is 32.2. The van der Waals surface area contributed by atoms with Gasteiger partial charge in [0.2, 0.25) is 5.91 Å². The highest BCUT2D eigenvalue weighted by molar-refractivity contribution is 7.99. The maximum absolute atomic E-state index is 12.8. The maximum Gasteiger partial charge on any atom is 0.328 e. The number of aryl methyl sites for hydroxylation is 1. The van der Waals surface area contributed by atoms with E-state index in [0.717, 1.165) is 16.8 Å². The van der Waals surface area contributed by atoms with Crippen LogP contribution in [0, 0.1) is 6.92 Å². The first-order valence-electron chi connectivity index (χ1n) is 8.16. The molecule has 0 fully saturated rings. The van der Waals surface area contributed by atoms with Gasteiger partial charge in [0.05, 0.1) is 12.9 Å². The van der Waals surface area contributed by atoms with Gasteiger partial charge in [0.25, 0.3) is 0 Å². The lowest BCUT2D eigenvalue weighted by Crippen LogP contribution is -2.49. The molecule has 0 aliphatic carbocycles. The Kier molecular flexibility index (Phi) is 5.41. The first-order valence-corrected chi connectivity index (χ1v) is 9.14. The molecule has 2 heterocycles. The quantitative estimate of drug-likeness (QED) is 0.494. The molecule has 26 heavy (non-hydrogen) atoms. The molecule has 0 bridgehead atoms. The van der Waals surface area contributed by atoms with Crippen molar-refractivity contribution < 1.29 is 14.3 Å². The predicted octanol–water partition coefficient (Wildman–Crippen LogP) is 1.59. The van der Waals surface area contributed by atoms with E-state index in [4.69, 9.17) is 10.5 Å². The van der Waals surface area contributed by atoms with Crippen LogP contribution < -0.4 is 5.73 Å². The van der Waals surface area contributed by atoms with E-state index in [1.165, 1.54) is 18.9 Å². The molecule has 2 N–H and O–H groups in total. The van der Waals surface area contributed by atoms with Crippen LogP contribution in [0.15, 0.2) is 35.5 Å². The molecule has 1 aromatic carbocycles. The van der Waals surface area contributed by atoms with Crippen LogP contribution in [0.3, 0.4) is 0 Å². The van der Waals surface area contributed by atoms with Gasteiger partial charge in [0.15, 0.2) is 5.16 Å². The summed E-state index contributed by atoms with van der Waals surface area (Å²) in [6.07, 6.45) is 0.452. The van der Waals surface area contributed by atoms with Gasteiger partial charge in [-0.15, -0.1) is 0 Å². The molecular weight excluding hydrogens is 352 g/mol. The Bertz CT molecular complexity index is 823. The van der Waals surface area contributed by atoms with E-state index in [-0.39, 0.29) is 11.7 Å². The van der Waals surface area contributed by atoms with Crippen molar-refractivity contribution in [2.24, 2.45) is 0 Å². The molecule has 7 nitrogen and oxygen atoms in total. The van der Waals surface area contributed by atoms with Gasteiger partial charge in [0.1, 0.15) is 11.9 Å². The molecular formula is C18H20N4O3S. The molecule has 3 rings (SSSR count). The van der Waals surface area contributed by atoms with E-state index in [9.17, 15) is 9.59 Å². The molecule has 1 unspecified atom stereocenters. The number of nitrogens with two attached hydrogens (primary N) is 1. The second-order valence-electron chi connectivity index (χ2n) is 6.04. The summed E-state index contributed by atoms with van der Waals surface area (Å²) in [6, 6.07) is 8.86. The van der Waals surface area contributed by atoms with Crippen LogP contribution in [0.25, 0.3) is 0 Å². The Morgan fingerprint density at radius 1 is 1.31 bits per heavy atom. The summed E-state index contributed by atoms with van der Waals surface area (Å²) in [5.74, 6) is -0.0808. The van der Waals surface area contributed by atoms with Crippen LogP contribution in [0.5, 0.6) is 0 Å². The first-order chi connectivity index (χ1) is 12.5. The minimum absolute atomic E-state index is 0.124. The minimum atomic E-state index is -0.619. The normalized spacial score (nSPS) is 16.1. The van der Waals surface area contributed by atoms with Gasteiger partial charge in [-0.3, -0.25) is 4.79 Å².